The monoisotopic (exact) mass is 465 g/mol. The fourth-order valence-electron chi connectivity index (χ4n) is 2.72. The van der Waals surface area contributed by atoms with Gasteiger partial charge in [0.05, 0.1) is 32.4 Å². The maximum absolute atomic E-state index is 13.4. The Balaban J connectivity index is 2.23. The van der Waals surface area contributed by atoms with Crippen molar-refractivity contribution in [3.05, 3.63) is 68.5 Å². The zero-order valence-electron chi connectivity index (χ0n) is 13.9. The van der Waals surface area contributed by atoms with Gasteiger partial charge in [-0.15, -0.1) is 0 Å². The smallest absolute Gasteiger partial charge is 0.257 e. The van der Waals surface area contributed by atoms with Crippen molar-refractivity contribution in [2.75, 3.05) is 10.1 Å². The lowest BCUT2D eigenvalue weighted by Gasteiger charge is -2.30. The molecule has 0 radical (unpaired) electrons. The molecule has 2 aromatic rings. The molecule has 0 amide bonds. The summed E-state index contributed by atoms with van der Waals surface area (Å²) in [5, 5.41) is 1.20. The molecule has 2 aromatic carbocycles. The highest BCUT2D eigenvalue weighted by Gasteiger charge is 2.37. The summed E-state index contributed by atoms with van der Waals surface area (Å²) >= 11 is 18.4. The normalized spacial score (nSPS) is 18.6. The molecule has 144 valence electrons. The molecule has 0 aliphatic carbocycles. The summed E-state index contributed by atoms with van der Waals surface area (Å²) < 4.78 is 51.5. The second kappa shape index (κ2) is 7.29. The first-order chi connectivity index (χ1) is 12.5. The van der Waals surface area contributed by atoms with Gasteiger partial charge >= 0.3 is 0 Å². The van der Waals surface area contributed by atoms with Gasteiger partial charge in [0.1, 0.15) is 0 Å². The molecule has 1 unspecified atom stereocenters. The standard InChI is InChI=1S/C17H14Cl3NO4S2/c1-11-2-4-14(5-3-11)27(24,25)21(13-6-7-26(22,23)10-13)16-9-12(18)8-15(19)17(16)20/h2-9,13H,10H2,1H3. The van der Waals surface area contributed by atoms with Crippen LogP contribution in [0.3, 0.4) is 0 Å². The molecule has 1 heterocycles. The maximum atomic E-state index is 13.4. The number of benzene rings is 2. The van der Waals surface area contributed by atoms with Crippen LogP contribution < -0.4 is 4.31 Å². The van der Waals surface area contributed by atoms with Gasteiger partial charge in [0.15, 0.2) is 9.84 Å². The van der Waals surface area contributed by atoms with Gasteiger partial charge in [0.25, 0.3) is 10.0 Å². The molecule has 0 bridgehead atoms. The van der Waals surface area contributed by atoms with E-state index in [0.29, 0.717) is 0 Å². The minimum atomic E-state index is -4.14. The van der Waals surface area contributed by atoms with Gasteiger partial charge in [-0.1, -0.05) is 52.5 Å². The second-order valence-corrected chi connectivity index (χ2v) is 11.0. The lowest BCUT2D eigenvalue weighted by molar-refractivity contribution is 0.586. The van der Waals surface area contributed by atoms with Crippen LogP contribution in [0.2, 0.25) is 15.1 Å². The summed E-state index contributed by atoms with van der Waals surface area (Å²) in [5.41, 5.74) is 0.897. The molecule has 0 N–H and O–H groups in total. The highest BCUT2D eigenvalue weighted by Crippen LogP contribution is 2.40. The van der Waals surface area contributed by atoms with Crippen LogP contribution in [-0.4, -0.2) is 28.6 Å². The number of halogens is 3. The number of sulfone groups is 1. The average molecular weight is 467 g/mol. The molecule has 0 saturated carbocycles. The molecule has 0 aromatic heterocycles. The van der Waals surface area contributed by atoms with Gasteiger partial charge in [-0.05, 0) is 37.3 Å². The molecule has 0 fully saturated rings. The second-order valence-electron chi connectivity index (χ2n) is 6.06. The highest BCUT2D eigenvalue weighted by molar-refractivity contribution is 7.95. The molecule has 3 rings (SSSR count). The van der Waals surface area contributed by atoms with Crippen LogP contribution in [0, 0.1) is 6.92 Å². The van der Waals surface area contributed by atoms with Crippen molar-refractivity contribution in [3.8, 4) is 0 Å². The Morgan fingerprint density at radius 3 is 2.26 bits per heavy atom. The van der Waals surface area contributed by atoms with Gasteiger partial charge in [-0.3, -0.25) is 4.31 Å². The first-order valence-corrected chi connectivity index (χ1v) is 12.0. The van der Waals surface area contributed by atoms with Crippen molar-refractivity contribution in [1.29, 1.82) is 0 Å². The van der Waals surface area contributed by atoms with Crippen molar-refractivity contribution in [3.63, 3.8) is 0 Å². The van der Waals surface area contributed by atoms with Gasteiger partial charge in [-0.25, -0.2) is 16.8 Å². The Morgan fingerprint density at radius 1 is 1.07 bits per heavy atom. The van der Waals surface area contributed by atoms with E-state index in [1.54, 1.807) is 12.1 Å². The van der Waals surface area contributed by atoms with E-state index < -0.39 is 31.7 Å². The van der Waals surface area contributed by atoms with Gasteiger partial charge in [-0.2, -0.15) is 0 Å². The van der Waals surface area contributed by atoms with Gasteiger partial charge in [0.2, 0.25) is 0 Å². The Hall–Kier alpha value is -1.25. The number of aryl methyl sites for hydroxylation is 1. The fourth-order valence-corrected chi connectivity index (χ4v) is 6.43. The van der Waals surface area contributed by atoms with Crippen molar-refractivity contribution in [2.45, 2.75) is 17.9 Å². The van der Waals surface area contributed by atoms with Crippen LogP contribution in [0.25, 0.3) is 0 Å². The molecule has 1 atom stereocenters. The molecule has 0 spiro atoms. The van der Waals surface area contributed by atoms with Gasteiger partial charge in [0, 0.05) is 10.4 Å². The summed E-state index contributed by atoms with van der Waals surface area (Å²) in [7, 11) is -7.67. The van der Waals surface area contributed by atoms with Crippen LogP contribution in [-0.2, 0) is 19.9 Å². The summed E-state index contributed by atoms with van der Waals surface area (Å²) in [6, 6.07) is 7.95. The van der Waals surface area contributed by atoms with E-state index in [-0.39, 0.29) is 25.7 Å². The number of sulfonamides is 1. The molecule has 27 heavy (non-hydrogen) atoms. The van der Waals surface area contributed by atoms with E-state index in [1.807, 2.05) is 6.92 Å². The highest BCUT2D eigenvalue weighted by atomic mass is 35.5. The molecule has 1 aliphatic rings. The molecular weight excluding hydrogens is 453 g/mol. The van der Waals surface area contributed by atoms with Crippen LogP contribution in [0.4, 0.5) is 5.69 Å². The SMILES string of the molecule is Cc1ccc(S(=O)(=O)N(c2cc(Cl)cc(Cl)c2Cl)C2C=CS(=O)(=O)C2)cc1. The predicted molar refractivity (Wildman–Crippen MR) is 109 cm³/mol. The number of anilines is 1. The molecule has 0 saturated heterocycles. The average Bonchev–Trinajstić information content (AvgIpc) is 2.92. The summed E-state index contributed by atoms with van der Waals surface area (Å²) in [4.78, 5) is -0.00189. The summed E-state index contributed by atoms with van der Waals surface area (Å²) in [6.07, 6.45) is 1.31. The van der Waals surface area contributed by atoms with E-state index in [9.17, 15) is 16.8 Å². The van der Waals surface area contributed by atoms with Crippen molar-refractivity contribution >= 4 is 60.4 Å². The minimum absolute atomic E-state index is 0.00189. The van der Waals surface area contributed by atoms with E-state index in [4.69, 9.17) is 34.8 Å². The Kier molecular flexibility index (Phi) is 5.53. The number of hydrogen-bond donors (Lipinski definition) is 0. The zero-order valence-corrected chi connectivity index (χ0v) is 17.8. The molecule has 5 nitrogen and oxygen atoms in total. The third-order valence-electron chi connectivity index (χ3n) is 4.00. The minimum Gasteiger partial charge on any atom is -0.257 e. The van der Waals surface area contributed by atoms with Crippen molar-refractivity contribution < 1.29 is 16.8 Å². The summed E-state index contributed by atoms with van der Waals surface area (Å²) in [5.74, 6) is -0.404. The van der Waals surface area contributed by atoms with E-state index >= 15 is 0 Å². The predicted octanol–water partition coefficient (Wildman–Crippen LogP) is 4.46. The summed E-state index contributed by atoms with van der Waals surface area (Å²) in [6.45, 7) is 1.83. The number of rotatable bonds is 4. The maximum Gasteiger partial charge on any atom is 0.264 e. The first kappa shape index (κ1) is 20.5. The lowest BCUT2D eigenvalue weighted by atomic mass is 10.2. The molecule has 10 heteroatoms. The molecular formula is C17H14Cl3NO4S2. The first-order valence-electron chi connectivity index (χ1n) is 7.68. The third-order valence-corrected chi connectivity index (χ3v) is 8.24. The van der Waals surface area contributed by atoms with Crippen LogP contribution in [0.5, 0.6) is 0 Å². The van der Waals surface area contributed by atoms with Gasteiger partial charge < -0.3 is 0 Å². The Labute approximate surface area is 173 Å². The Bertz CT molecular complexity index is 1130. The topological polar surface area (TPSA) is 71.5 Å². The van der Waals surface area contributed by atoms with Crippen LogP contribution >= 0.6 is 34.8 Å². The zero-order chi connectivity index (χ0) is 20.0. The van der Waals surface area contributed by atoms with Crippen LogP contribution in [0.15, 0.2) is 52.8 Å². The fraction of sp³-hybridized carbons (Fsp3) is 0.176. The van der Waals surface area contributed by atoms with Crippen molar-refractivity contribution in [2.24, 2.45) is 0 Å². The lowest BCUT2D eigenvalue weighted by Crippen LogP contribution is -2.41. The van der Waals surface area contributed by atoms with E-state index in [0.717, 1.165) is 15.3 Å². The van der Waals surface area contributed by atoms with Crippen molar-refractivity contribution in [1.82, 2.24) is 0 Å². The largest absolute Gasteiger partial charge is 0.264 e. The Morgan fingerprint density at radius 2 is 1.70 bits per heavy atom. The number of hydrogen-bond acceptors (Lipinski definition) is 4. The van der Waals surface area contributed by atoms with E-state index in [1.165, 1.54) is 30.3 Å². The number of nitrogens with zero attached hydrogens (tertiary/aromatic N) is 1. The quantitative estimate of drug-likeness (QED) is 0.624. The van der Waals surface area contributed by atoms with Crippen LogP contribution in [0.1, 0.15) is 5.56 Å². The molecule has 1 aliphatic heterocycles. The van der Waals surface area contributed by atoms with E-state index in [2.05, 4.69) is 0 Å². The third kappa shape index (κ3) is 4.12.